The van der Waals surface area contributed by atoms with Gasteiger partial charge in [0, 0.05) is 45.2 Å². The number of benzene rings is 5. The minimum Gasteiger partial charge on any atom is -0.486 e. The molecule has 5 aromatic carbocycles. The molecule has 0 bridgehead atoms. The average molecular weight is 785 g/mol. The second kappa shape index (κ2) is 12.3. The first-order valence-corrected chi connectivity index (χ1v) is 20.9. The van der Waals surface area contributed by atoms with Gasteiger partial charge >= 0.3 is 0 Å². The summed E-state index contributed by atoms with van der Waals surface area (Å²) in [4.78, 5) is 4.62. The van der Waals surface area contributed by atoms with Gasteiger partial charge in [-0.2, -0.15) is 0 Å². The van der Waals surface area contributed by atoms with E-state index in [0.717, 1.165) is 90.4 Å². The molecule has 8 nitrogen and oxygen atoms in total. The molecule has 0 saturated carbocycles. The van der Waals surface area contributed by atoms with Gasteiger partial charge < -0.3 is 27.8 Å². The minimum atomic E-state index is -0.228. The lowest BCUT2D eigenvalue weighted by atomic mass is 9.33. The van der Waals surface area contributed by atoms with Gasteiger partial charge in [0.1, 0.15) is 37.6 Å². The van der Waals surface area contributed by atoms with Gasteiger partial charge in [-0.05, 0) is 99.1 Å². The van der Waals surface area contributed by atoms with Crippen molar-refractivity contribution in [1.82, 2.24) is 0 Å². The maximum atomic E-state index is 7.18. The van der Waals surface area contributed by atoms with Crippen LogP contribution < -0.4 is 45.1 Å². The van der Waals surface area contributed by atoms with Crippen LogP contribution in [0.15, 0.2) is 93.8 Å². The number of anilines is 6. The van der Waals surface area contributed by atoms with E-state index in [1.807, 2.05) is 12.1 Å². The molecule has 0 spiro atoms. The van der Waals surface area contributed by atoms with E-state index in [-0.39, 0.29) is 23.0 Å². The van der Waals surface area contributed by atoms with Gasteiger partial charge in [-0.15, -0.1) is 0 Å². The number of ether oxygens (including phenoxy) is 4. The Hall–Kier alpha value is -5.96. The third kappa shape index (κ3) is 5.49. The SMILES string of the molecule is CC(C)(C)c1cc2c3c(c1)N(c1ccc4c(c1)OCCO4)c1oc4ccc(C(C)(C)C)cc4c1B3c1c(oc3ccc(C(C)(C)C)cc13)N2c1ccc2c(c1)OCCO2. The van der Waals surface area contributed by atoms with Crippen LogP contribution in [-0.2, 0) is 16.2 Å². The molecular formula is C50H49BN2O6. The molecule has 0 fully saturated rings. The predicted molar refractivity (Wildman–Crippen MR) is 238 cm³/mol. The van der Waals surface area contributed by atoms with Crippen LogP contribution >= 0.6 is 0 Å². The van der Waals surface area contributed by atoms with Crippen molar-refractivity contribution >= 4 is 79.6 Å². The molecule has 11 rings (SSSR count). The van der Waals surface area contributed by atoms with E-state index in [1.54, 1.807) is 0 Å². The highest BCUT2D eigenvalue weighted by molar-refractivity contribution is 7.02. The Bertz CT molecular complexity index is 2700. The average Bonchev–Trinajstić information content (AvgIpc) is 3.77. The lowest BCUT2D eigenvalue weighted by Gasteiger charge is -2.42. The van der Waals surface area contributed by atoms with Gasteiger partial charge in [-0.25, -0.2) is 0 Å². The Balaban J connectivity index is 1.30. The summed E-state index contributed by atoms with van der Waals surface area (Å²) in [6, 6.07) is 30.6. The number of hydrogen-bond donors (Lipinski definition) is 0. The van der Waals surface area contributed by atoms with Crippen LogP contribution in [0, 0.1) is 0 Å². The standard InChI is InChI=1S/C50H49BN2O6/c1-48(2,3)28-10-14-37-33(22-28)43-46(58-37)52(31-12-16-39-41(26-31)56-20-18-54-39)35-24-30(50(7,8)9)25-36-45(35)51(43)44-34-23-29(49(4,5)6)11-15-38(34)59-47(44)53(36)32-13-17-40-42(27-32)57-21-19-55-40/h10-17,22-27H,18-21H2,1-9H3. The van der Waals surface area contributed by atoms with Crippen LogP contribution in [0.3, 0.4) is 0 Å². The summed E-state index contributed by atoms with van der Waals surface area (Å²) in [6.07, 6.45) is 0. The summed E-state index contributed by atoms with van der Waals surface area (Å²) < 4.78 is 38.9. The van der Waals surface area contributed by atoms with Crippen molar-refractivity contribution in [1.29, 1.82) is 0 Å². The molecule has 9 heteroatoms. The molecule has 0 amide bonds. The summed E-state index contributed by atoms with van der Waals surface area (Å²) in [5.41, 5.74) is 12.4. The Labute approximate surface area is 345 Å². The normalized spacial score (nSPS) is 15.7. The third-order valence-corrected chi connectivity index (χ3v) is 12.5. The molecule has 6 heterocycles. The van der Waals surface area contributed by atoms with Gasteiger partial charge in [-0.1, -0.05) is 74.4 Å². The maximum Gasteiger partial charge on any atom is 0.262 e. The number of fused-ring (bicyclic) bond motifs is 10. The van der Waals surface area contributed by atoms with Crippen molar-refractivity contribution in [3.05, 3.63) is 102 Å². The highest BCUT2D eigenvalue weighted by atomic mass is 16.6. The first-order chi connectivity index (χ1) is 28.1. The van der Waals surface area contributed by atoms with Crippen molar-refractivity contribution < 1.29 is 27.8 Å². The summed E-state index contributed by atoms with van der Waals surface area (Å²) in [5, 5.41) is 2.19. The summed E-state index contributed by atoms with van der Waals surface area (Å²) in [7, 11) is 0. The van der Waals surface area contributed by atoms with E-state index in [0.29, 0.717) is 26.4 Å². The maximum absolute atomic E-state index is 7.18. The van der Waals surface area contributed by atoms with Gasteiger partial charge in [0.05, 0.1) is 11.4 Å². The van der Waals surface area contributed by atoms with E-state index in [2.05, 4.69) is 145 Å². The molecular weight excluding hydrogens is 735 g/mol. The van der Waals surface area contributed by atoms with Gasteiger partial charge in [0.25, 0.3) is 6.71 Å². The highest BCUT2D eigenvalue weighted by Crippen LogP contribution is 2.51. The molecule has 4 aliphatic heterocycles. The zero-order chi connectivity index (χ0) is 40.7. The Morgan fingerprint density at radius 1 is 0.424 bits per heavy atom. The van der Waals surface area contributed by atoms with Crippen molar-refractivity contribution in [3.63, 3.8) is 0 Å². The first-order valence-electron chi connectivity index (χ1n) is 20.9. The largest absolute Gasteiger partial charge is 0.486 e. The number of nitrogens with zero attached hydrogens (tertiary/aromatic N) is 2. The van der Waals surface area contributed by atoms with Crippen molar-refractivity contribution in [2.24, 2.45) is 0 Å². The van der Waals surface area contributed by atoms with Crippen molar-refractivity contribution in [2.45, 2.75) is 78.6 Å². The smallest absolute Gasteiger partial charge is 0.262 e. The van der Waals surface area contributed by atoms with Gasteiger partial charge in [0.2, 0.25) is 11.8 Å². The Morgan fingerprint density at radius 3 is 1.24 bits per heavy atom. The van der Waals surface area contributed by atoms with Crippen LogP contribution in [0.25, 0.3) is 21.9 Å². The molecule has 4 aliphatic rings. The van der Waals surface area contributed by atoms with Gasteiger partial charge in [-0.3, -0.25) is 9.80 Å². The summed E-state index contributed by atoms with van der Waals surface area (Å²) in [6.45, 7) is 22.2. The molecule has 7 aromatic rings. The Morgan fingerprint density at radius 2 is 0.831 bits per heavy atom. The van der Waals surface area contributed by atoms with Crippen LogP contribution in [0.1, 0.15) is 79.0 Å². The van der Waals surface area contributed by atoms with E-state index in [9.17, 15) is 0 Å². The predicted octanol–water partition coefficient (Wildman–Crippen LogP) is 10.7. The quantitative estimate of drug-likeness (QED) is 0.161. The fraction of sp³-hybridized carbons (Fsp3) is 0.320. The monoisotopic (exact) mass is 784 g/mol. The lowest BCUT2D eigenvalue weighted by molar-refractivity contribution is 0.171. The highest BCUT2D eigenvalue weighted by Gasteiger charge is 2.49. The fourth-order valence-electron chi connectivity index (χ4n) is 9.26. The van der Waals surface area contributed by atoms with E-state index < -0.39 is 0 Å². The van der Waals surface area contributed by atoms with Crippen LogP contribution in [0.4, 0.5) is 34.5 Å². The summed E-state index contributed by atoms with van der Waals surface area (Å²) in [5.74, 6) is 4.51. The molecule has 0 unspecified atom stereocenters. The first kappa shape index (κ1) is 36.1. The van der Waals surface area contributed by atoms with Crippen LogP contribution in [-0.4, -0.2) is 33.1 Å². The molecule has 0 radical (unpaired) electrons. The molecule has 59 heavy (non-hydrogen) atoms. The zero-order valence-corrected chi connectivity index (χ0v) is 35.3. The molecule has 0 saturated heterocycles. The molecule has 0 aliphatic carbocycles. The summed E-state index contributed by atoms with van der Waals surface area (Å²) >= 11 is 0. The van der Waals surface area contributed by atoms with Gasteiger partial charge in [0.15, 0.2) is 23.0 Å². The molecule has 298 valence electrons. The third-order valence-electron chi connectivity index (χ3n) is 12.5. The van der Waals surface area contributed by atoms with Crippen LogP contribution in [0.2, 0.25) is 0 Å². The molecule has 0 atom stereocenters. The minimum absolute atomic E-state index is 0.0795. The van der Waals surface area contributed by atoms with E-state index >= 15 is 0 Å². The van der Waals surface area contributed by atoms with Crippen molar-refractivity contribution in [2.75, 3.05) is 36.2 Å². The number of hydrogen-bond acceptors (Lipinski definition) is 8. The van der Waals surface area contributed by atoms with E-state index in [1.165, 1.54) is 22.2 Å². The fourth-order valence-corrected chi connectivity index (χ4v) is 9.26. The number of rotatable bonds is 2. The van der Waals surface area contributed by atoms with E-state index in [4.69, 9.17) is 27.8 Å². The second-order valence-corrected chi connectivity index (χ2v) is 19.5. The van der Waals surface area contributed by atoms with Crippen LogP contribution in [0.5, 0.6) is 23.0 Å². The number of furan rings is 2. The second-order valence-electron chi connectivity index (χ2n) is 19.5. The lowest BCUT2D eigenvalue weighted by Crippen LogP contribution is -2.61. The molecule has 2 aromatic heterocycles. The zero-order valence-electron chi connectivity index (χ0n) is 35.3. The topological polar surface area (TPSA) is 69.7 Å². The molecule has 0 N–H and O–H groups in total. The van der Waals surface area contributed by atoms with Crippen molar-refractivity contribution in [3.8, 4) is 23.0 Å². The Kier molecular flexibility index (Phi) is 7.53.